The van der Waals surface area contributed by atoms with Crippen LogP contribution < -0.4 is 0 Å². The molecule has 0 saturated heterocycles. The fraction of sp³-hybridized carbons (Fsp3) is 0.667. The van der Waals surface area contributed by atoms with Gasteiger partial charge in [-0.15, -0.1) is 0 Å². The van der Waals surface area contributed by atoms with E-state index >= 15 is 0 Å². The third kappa shape index (κ3) is 1.29. The predicted molar refractivity (Wildman–Crippen MR) is 25.9 cm³/mol. The summed E-state index contributed by atoms with van der Waals surface area (Å²) in [5.74, 6) is 0. The van der Waals surface area contributed by atoms with Crippen LogP contribution in [0.5, 0.6) is 0 Å². The molecule has 0 spiro atoms. The average Bonchev–Trinajstić information content (AvgIpc) is 2.06. The molecule has 0 amide bonds. The molecular weight excluding hydrogens is 208 g/mol. The molecule has 0 aromatic rings. The van der Waals surface area contributed by atoms with E-state index in [2.05, 4.69) is 0 Å². The monoisotopic (exact) mass is 212 g/mol. The zero-order valence-corrected chi connectivity index (χ0v) is 6.27. The molecule has 6 heavy (non-hydrogen) atoms. The molecule has 0 bridgehead atoms. The van der Waals surface area contributed by atoms with E-state index in [1.54, 1.807) is 0 Å². The Hall–Kier alpha value is 1.07. The fourth-order valence-electron chi connectivity index (χ4n) is 0.178. The molecule has 1 rings (SSSR count). The van der Waals surface area contributed by atoms with Gasteiger partial charge in [-0.1, -0.05) is 0 Å². The van der Waals surface area contributed by atoms with Crippen molar-refractivity contribution < 1.29 is 13.5 Å². The standard InChI is InChI=1S/C3H4.2ClH.Ru/c1-2-3-1;;;/h1-2H2;2*1H;/q;;;+2/p-2. The van der Waals surface area contributed by atoms with Crippen LogP contribution in [0, 0.1) is 0 Å². The Morgan fingerprint density at radius 1 is 1.33 bits per heavy atom. The first-order chi connectivity index (χ1) is 2.80. The Kier molecular flexibility index (Phi) is 1.65. The quantitative estimate of drug-likeness (QED) is 0.538. The summed E-state index contributed by atoms with van der Waals surface area (Å²) in [6.07, 6.45) is 2.43. The van der Waals surface area contributed by atoms with Crippen molar-refractivity contribution >= 4 is 23.5 Å². The van der Waals surface area contributed by atoms with Crippen molar-refractivity contribution in [3.63, 3.8) is 0 Å². The maximum atomic E-state index is 5.55. The van der Waals surface area contributed by atoms with Gasteiger partial charge in [0, 0.05) is 0 Å². The molecule has 38 valence electrons. The summed E-state index contributed by atoms with van der Waals surface area (Å²) in [6, 6.07) is 0. The topological polar surface area (TPSA) is 0 Å². The van der Waals surface area contributed by atoms with E-state index in [1.807, 2.05) is 0 Å². The Morgan fingerprint density at radius 2 is 1.83 bits per heavy atom. The van der Waals surface area contributed by atoms with Crippen molar-refractivity contribution in [2.75, 3.05) is 0 Å². The average molecular weight is 212 g/mol. The van der Waals surface area contributed by atoms with E-state index in [0.717, 1.165) is 0 Å². The minimum atomic E-state index is -1.31. The zero-order valence-electron chi connectivity index (χ0n) is 3.02. The SMILES string of the molecule is [Cl][Ru]([Cl])=[C]1CC1. The van der Waals surface area contributed by atoms with Crippen LogP contribution in [-0.4, -0.2) is 4.11 Å². The van der Waals surface area contributed by atoms with Crippen LogP contribution in [0.1, 0.15) is 12.8 Å². The van der Waals surface area contributed by atoms with Crippen molar-refractivity contribution in [3.05, 3.63) is 0 Å². The van der Waals surface area contributed by atoms with Gasteiger partial charge >= 0.3 is 49.8 Å². The predicted octanol–water partition coefficient (Wildman–Crippen LogP) is 1.88. The Bertz CT molecular complexity index is 87.0. The van der Waals surface area contributed by atoms with E-state index in [4.69, 9.17) is 19.4 Å². The van der Waals surface area contributed by atoms with E-state index in [1.165, 1.54) is 16.9 Å². The van der Waals surface area contributed by atoms with Crippen LogP contribution in [0.25, 0.3) is 0 Å². The van der Waals surface area contributed by atoms with Gasteiger partial charge in [0.25, 0.3) is 0 Å². The van der Waals surface area contributed by atoms with Crippen LogP contribution in [0.3, 0.4) is 0 Å². The van der Waals surface area contributed by atoms with Gasteiger partial charge in [0.15, 0.2) is 0 Å². The first-order valence-corrected chi connectivity index (χ1v) is 7.00. The molecule has 0 aromatic carbocycles. The van der Waals surface area contributed by atoms with Gasteiger partial charge in [-0.25, -0.2) is 0 Å². The number of halogens is 2. The van der Waals surface area contributed by atoms with E-state index in [9.17, 15) is 0 Å². The van der Waals surface area contributed by atoms with Crippen LogP contribution in [0.4, 0.5) is 0 Å². The summed E-state index contributed by atoms with van der Waals surface area (Å²) in [5.41, 5.74) is 0. The van der Waals surface area contributed by atoms with Crippen molar-refractivity contribution in [2.45, 2.75) is 12.8 Å². The van der Waals surface area contributed by atoms with Gasteiger partial charge in [-0.05, 0) is 0 Å². The Labute approximate surface area is 49.9 Å². The minimum absolute atomic E-state index is 1.21. The summed E-state index contributed by atoms with van der Waals surface area (Å²) in [4.78, 5) is 0. The fourth-order valence-corrected chi connectivity index (χ4v) is 2.63. The molecule has 0 nitrogen and oxygen atoms in total. The molecule has 0 radical (unpaired) electrons. The molecule has 1 fully saturated rings. The molecule has 1 saturated carbocycles. The summed E-state index contributed by atoms with van der Waals surface area (Å²) < 4.78 is 1.43. The molecule has 3 heteroatoms. The Balaban J connectivity index is 2.61. The number of rotatable bonds is 0. The van der Waals surface area contributed by atoms with Gasteiger partial charge in [-0.2, -0.15) is 0 Å². The summed E-state index contributed by atoms with van der Waals surface area (Å²) in [6.45, 7) is 0. The second kappa shape index (κ2) is 1.90. The van der Waals surface area contributed by atoms with E-state index in [-0.39, 0.29) is 0 Å². The van der Waals surface area contributed by atoms with Crippen LogP contribution in [0.15, 0.2) is 0 Å². The van der Waals surface area contributed by atoms with E-state index < -0.39 is 13.5 Å². The Morgan fingerprint density at radius 3 is 1.83 bits per heavy atom. The third-order valence-corrected chi connectivity index (χ3v) is 4.65. The van der Waals surface area contributed by atoms with Crippen LogP contribution >= 0.6 is 19.4 Å². The second-order valence-electron chi connectivity index (χ2n) is 1.18. The molecule has 0 atom stereocenters. The number of hydrogen-bond acceptors (Lipinski definition) is 0. The molecule has 1 aliphatic rings. The molecule has 0 unspecified atom stereocenters. The van der Waals surface area contributed by atoms with Gasteiger partial charge in [-0.3, -0.25) is 0 Å². The van der Waals surface area contributed by atoms with Gasteiger partial charge in [0.1, 0.15) is 0 Å². The second-order valence-corrected chi connectivity index (χ2v) is 7.29. The maximum absolute atomic E-state index is 5.55. The molecular formula is C3H4Cl2Ru. The molecule has 0 N–H and O–H groups in total. The molecule has 0 aromatic heterocycles. The summed E-state index contributed by atoms with van der Waals surface area (Å²) >= 11 is -1.31. The van der Waals surface area contributed by atoms with Crippen molar-refractivity contribution in [1.29, 1.82) is 0 Å². The third-order valence-electron chi connectivity index (χ3n) is 0.616. The number of hydrogen-bond donors (Lipinski definition) is 0. The van der Waals surface area contributed by atoms with Crippen molar-refractivity contribution in [1.82, 2.24) is 0 Å². The first-order valence-electron chi connectivity index (χ1n) is 1.65. The van der Waals surface area contributed by atoms with Gasteiger partial charge < -0.3 is 0 Å². The van der Waals surface area contributed by atoms with E-state index in [0.29, 0.717) is 0 Å². The molecule has 0 aliphatic heterocycles. The molecule has 1 aliphatic carbocycles. The van der Waals surface area contributed by atoms with Crippen LogP contribution in [0.2, 0.25) is 0 Å². The van der Waals surface area contributed by atoms with Crippen molar-refractivity contribution in [3.8, 4) is 0 Å². The van der Waals surface area contributed by atoms with Crippen molar-refractivity contribution in [2.24, 2.45) is 0 Å². The normalized spacial score (nSPS) is 21.0. The molecule has 0 heterocycles. The van der Waals surface area contributed by atoms with Gasteiger partial charge in [0.2, 0.25) is 0 Å². The zero-order chi connectivity index (χ0) is 4.57. The summed E-state index contributed by atoms with van der Waals surface area (Å²) in [5, 5.41) is 0. The summed E-state index contributed by atoms with van der Waals surface area (Å²) in [7, 11) is 11.1. The van der Waals surface area contributed by atoms with Crippen LogP contribution in [-0.2, 0) is 13.5 Å². The van der Waals surface area contributed by atoms with Gasteiger partial charge in [0.05, 0.1) is 0 Å². The first kappa shape index (κ1) is 5.21.